The first-order valence-corrected chi connectivity index (χ1v) is 6.76. The minimum Gasteiger partial charge on any atom is -0.311 e. The van der Waals surface area contributed by atoms with Crippen LogP contribution in [-0.2, 0) is 0 Å². The Balaban J connectivity index is 2.18. The van der Waals surface area contributed by atoms with Gasteiger partial charge in [0.05, 0.1) is 0 Å². The summed E-state index contributed by atoms with van der Waals surface area (Å²) in [5.41, 5.74) is 1.44. The van der Waals surface area contributed by atoms with Crippen LogP contribution in [0.25, 0.3) is 0 Å². The molecule has 1 aromatic carbocycles. The van der Waals surface area contributed by atoms with Gasteiger partial charge in [-0.3, -0.25) is 4.90 Å². The van der Waals surface area contributed by atoms with Gasteiger partial charge in [0.25, 0.3) is 0 Å². The average molecular weight is 232 g/mol. The zero-order valence-electron chi connectivity index (χ0n) is 11.2. The standard InChI is InChI=1S/C15H24N2/c1-4-13(3)17-11-12(2)16-10-15(17)14-8-6-5-7-9-14/h5-9,12-13,15-16H,4,10-11H2,1-3H3. The zero-order chi connectivity index (χ0) is 12.3. The molecule has 0 aromatic heterocycles. The molecule has 2 rings (SSSR count). The lowest BCUT2D eigenvalue weighted by Crippen LogP contribution is -2.53. The van der Waals surface area contributed by atoms with Crippen LogP contribution >= 0.6 is 0 Å². The molecule has 1 N–H and O–H groups in total. The van der Waals surface area contributed by atoms with Crippen molar-refractivity contribution in [3.63, 3.8) is 0 Å². The molecule has 1 fully saturated rings. The Morgan fingerprint density at radius 3 is 2.71 bits per heavy atom. The third-order valence-corrected chi connectivity index (χ3v) is 3.89. The van der Waals surface area contributed by atoms with E-state index in [0.29, 0.717) is 18.1 Å². The molecule has 17 heavy (non-hydrogen) atoms. The Labute approximate surface area is 105 Å². The summed E-state index contributed by atoms with van der Waals surface area (Å²) < 4.78 is 0. The topological polar surface area (TPSA) is 15.3 Å². The third-order valence-electron chi connectivity index (χ3n) is 3.89. The van der Waals surface area contributed by atoms with Crippen molar-refractivity contribution in [2.75, 3.05) is 13.1 Å². The molecule has 0 saturated carbocycles. The van der Waals surface area contributed by atoms with Crippen molar-refractivity contribution in [2.45, 2.75) is 45.3 Å². The van der Waals surface area contributed by atoms with E-state index < -0.39 is 0 Å². The lowest BCUT2D eigenvalue weighted by atomic mass is 9.99. The molecule has 3 unspecified atom stereocenters. The Morgan fingerprint density at radius 2 is 2.06 bits per heavy atom. The molecule has 0 aliphatic carbocycles. The first kappa shape index (κ1) is 12.6. The Morgan fingerprint density at radius 1 is 1.35 bits per heavy atom. The molecule has 0 amide bonds. The van der Waals surface area contributed by atoms with E-state index in [9.17, 15) is 0 Å². The van der Waals surface area contributed by atoms with Crippen LogP contribution in [-0.4, -0.2) is 30.1 Å². The molecule has 0 spiro atoms. The van der Waals surface area contributed by atoms with Crippen LogP contribution in [0.3, 0.4) is 0 Å². The molecule has 2 nitrogen and oxygen atoms in total. The molecule has 1 aliphatic rings. The normalized spacial score (nSPS) is 27.9. The van der Waals surface area contributed by atoms with Gasteiger partial charge in [-0.05, 0) is 25.8 Å². The number of piperazine rings is 1. The van der Waals surface area contributed by atoms with Crippen molar-refractivity contribution in [3.8, 4) is 0 Å². The van der Waals surface area contributed by atoms with Crippen molar-refractivity contribution in [3.05, 3.63) is 35.9 Å². The number of nitrogens with one attached hydrogen (secondary N) is 1. The van der Waals surface area contributed by atoms with Crippen LogP contribution in [0.2, 0.25) is 0 Å². The summed E-state index contributed by atoms with van der Waals surface area (Å²) in [6.07, 6.45) is 1.22. The van der Waals surface area contributed by atoms with E-state index in [1.165, 1.54) is 12.0 Å². The molecular formula is C15H24N2. The fourth-order valence-electron chi connectivity index (χ4n) is 2.64. The molecule has 2 heteroatoms. The van der Waals surface area contributed by atoms with Gasteiger partial charge in [0, 0.05) is 31.2 Å². The number of nitrogens with zero attached hydrogens (tertiary/aromatic N) is 1. The molecule has 1 aliphatic heterocycles. The van der Waals surface area contributed by atoms with Gasteiger partial charge >= 0.3 is 0 Å². The van der Waals surface area contributed by atoms with Gasteiger partial charge in [0.2, 0.25) is 0 Å². The van der Waals surface area contributed by atoms with Gasteiger partial charge in [0.1, 0.15) is 0 Å². The average Bonchev–Trinajstić information content (AvgIpc) is 2.38. The first-order valence-electron chi connectivity index (χ1n) is 6.76. The quantitative estimate of drug-likeness (QED) is 0.862. The highest BCUT2D eigenvalue weighted by Crippen LogP contribution is 2.26. The van der Waals surface area contributed by atoms with Crippen LogP contribution in [0.5, 0.6) is 0 Å². The highest BCUT2D eigenvalue weighted by molar-refractivity contribution is 5.20. The van der Waals surface area contributed by atoms with E-state index in [2.05, 4.69) is 61.3 Å². The molecule has 0 radical (unpaired) electrons. The summed E-state index contributed by atoms with van der Waals surface area (Å²) in [5, 5.41) is 3.60. The van der Waals surface area contributed by atoms with Gasteiger partial charge in [-0.1, -0.05) is 37.3 Å². The van der Waals surface area contributed by atoms with Gasteiger partial charge in [-0.15, -0.1) is 0 Å². The molecule has 94 valence electrons. The van der Waals surface area contributed by atoms with Crippen LogP contribution in [0.4, 0.5) is 0 Å². The van der Waals surface area contributed by atoms with Crippen LogP contribution in [0.15, 0.2) is 30.3 Å². The second kappa shape index (κ2) is 5.65. The van der Waals surface area contributed by atoms with E-state index in [0.717, 1.165) is 13.1 Å². The van der Waals surface area contributed by atoms with Crippen molar-refractivity contribution >= 4 is 0 Å². The Kier molecular flexibility index (Phi) is 4.19. The van der Waals surface area contributed by atoms with Crippen molar-refractivity contribution < 1.29 is 0 Å². The molecule has 3 atom stereocenters. The largest absolute Gasteiger partial charge is 0.311 e. The molecule has 1 saturated heterocycles. The summed E-state index contributed by atoms with van der Waals surface area (Å²) in [4.78, 5) is 2.65. The van der Waals surface area contributed by atoms with Crippen LogP contribution < -0.4 is 5.32 Å². The van der Waals surface area contributed by atoms with E-state index in [1.807, 2.05) is 0 Å². The van der Waals surface area contributed by atoms with Gasteiger partial charge in [-0.25, -0.2) is 0 Å². The van der Waals surface area contributed by atoms with Crippen LogP contribution in [0, 0.1) is 0 Å². The summed E-state index contributed by atoms with van der Waals surface area (Å²) in [7, 11) is 0. The fourth-order valence-corrected chi connectivity index (χ4v) is 2.64. The number of hydrogen-bond acceptors (Lipinski definition) is 2. The zero-order valence-corrected chi connectivity index (χ0v) is 11.2. The smallest absolute Gasteiger partial charge is 0.0476 e. The maximum Gasteiger partial charge on any atom is 0.0476 e. The molecular weight excluding hydrogens is 208 g/mol. The fraction of sp³-hybridized carbons (Fsp3) is 0.600. The second-order valence-corrected chi connectivity index (χ2v) is 5.19. The molecule has 1 heterocycles. The maximum atomic E-state index is 3.60. The van der Waals surface area contributed by atoms with Gasteiger partial charge < -0.3 is 5.32 Å². The van der Waals surface area contributed by atoms with Crippen LogP contribution in [0.1, 0.15) is 38.8 Å². The van der Waals surface area contributed by atoms with E-state index >= 15 is 0 Å². The van der Waals surface area contributed by atoms with Crippen molar-refractivity contribution in [1.29, 1.82) is 0 Å². The Bertz CT molecular complexity index is 336. The summed E-state index contributed by atoms with van der Waals surface area (Å²) in [6.45, 7) is 9.11. The minimum absolute atomic E-state index is 0.530. The van der Waals surface area contributed by atoms with E-state index in [4.69, 9.17) is 0 Å². The van der Waals surface area contributed by atoms with Crippen molar-refractivity contribution in [1.82, 2.24) is 10.2 Å². The maximum absolute atomic E-state index is 3.60. The third kappa shape index (κ3) is 2.88. The Hall–Kier alpha value is -0.860. The highest BCUT2D eigenvalue weighted by Gasteiger charge is 2.29. The van der Waals surface area contributed by atoms with E-state index in [-0.39, 0.29) is 0 Å². The second-order valence-electron chi connectivity index (χ2n) is 5.19. The lowest BCUT2D eigenvalue weighted by molar-refractivity contribution is 0.0909. The SMILES string of the molecule is CCC(C)N1CC(C)NCC1c1ccccc1. The highest BCUT2D eigenvalue weighted by atomic mass is 15.2. The summed E-state index contributed by atoms with van der Waals surface area (Å²) in [6, 6.07) is 12.7. The van der Waals surface area contributed by atoms with E-state index in [1.54, 1.807) is 0 Å². The molecule has 1 aromatic rings. The van der Waals surface area contributed by atoms with Gasteiger partial charge in [0.15, 0.2) is 0 Å². The summed E-state index contributed by atoms with van der Waals surface area (Å²) >= 11 is 0. The number of rotatable bonds is 3. The number of benzene rings is 1. The predicted molar refractivity (Wildman–Crippen MR) is 73.1 cm³/mol. The summed E-state index contributed by atoms with van der Waals surface area (Å²) in [5.74, 6) is 0. The lowest BCUT2D eigenvalue weighted by Gasteiger charge is -2.43. The van der Waals surface area contributed by atoms with Gasteiger partial charge in [-0.2, -0.15) is 0 Å². The monoisotopic (exact) mass is 232 g/mol. The molecule has 0 bridgehead atoms. The predicted octanol–water partition coefficient (Wildman–Crippen LogP) is 2.82. The first-order chi connectivity index (χ1) is 8.22. The van der Waals surface area contributed by atoms with Crippen molar-refractivity contribution in [2.24, 2.45) is 0 Å². The number of hydrogen-bond donors (Lipinski definition) is 1. The minimum atomic E-state index is 0.530.